The van der Waals surface area contributed by atoms with Crippen LogP contribution in [0.4, 0.5) is 0 Å². The molecule has 0 saturated heterocycles. The van der Waals surface area contributed by atoms with Crippen LogP contribution in [0.3, 0.4) is 0 Å². The summed E-state index contributed by atoms with van der Waals surface area (Å²) in [7, 11) is 0. The topological polar surface area (TPSA) is 57.9 Å². The molecule has 0 amide bonds. The van der Waals surface area contributed by atoms with Gasteiger partial charge in [0, 0.05) is 6.54 Å². The number of rotatable bonds is 6. The molecule has 0 fully saturated rings. The summed E-state index contributed by atoms with van der Waals surface area (Å²) < 4.78 is 5.42. The first-order valence-electron chi connectivity index (χ1n) is 5.06. The summed E-state index contributed by atoms with van der Waals surface area (Å²) in [5.41, 5.74) is 0.409. The van der Waals surface area contributed by atoms with Crippen molar-refractivity contribution in [2.45, 2.75) is 13.3 Å². The number of aromatic nitrogens is 1. The van der Waals surface area contributed by atoms with Gasteiger partial charge < -0.3 is 10.1 Å². The van der Waals surface area contributed by atoms with Gasteiger partial charge >= 0.3 is 0 Å². The molecule has 0 spiro atoms. The molecule has 0 saturated carbocycles. The third-order valence-corrected chi connectivity index (χ3v) is 1.83. The molecule has 0 radical (unpaired) electrons. The van der Waals surface area contributed by atoms with Crippen LogP contribution < -0.4 is 10.1 Å². The third kappa shape index (κ3) is 4.43. The van der Waals surface area contributed by atoms with E-state index in [0.717, 1.165) is 19.5 Å². The molecular weight excluding hydrogens is 190 g/mol. The summed E-state index contributed by atoms with van der Waals surface area (Å²) in [4.78, 5) is 3.91. The molecule has 1 aromatic heterocycles. The maximum absolute atomic E-state index is 8.54. The summed E-state index contributed by atoms with van der Waals surface area (Å²) in [6.45, 7) is 4.58. The molecule has 0 aliphatic carbocycles. The Kier molecular flexibility index (Phi) is 5.20. The van der Waals surface area contributed by atoms with E-state index >= 15 is 0 Å². The Labute approximate surface area is 89.9 Å². The van der Waals surface area contributed by atoms with E-state index in [9.17, 15) is 0 Å². The van der Waals surface area contributed by atoms with Crippen molar-refractivity contribution in [3.63, 3.8) is 0 Å². The second kappa shape index (κ2) is 6.80. The van der Waals surface area contributed by atoms with Crippen LogP contribution in [-0.2, 0) is 0 Å². The SMILES string of the molecule is CCCNCCOc1ccc(C#N)nc1. The Morgan fingerprint density at radius 2 is 2.33 bits per heavy atom. The predicted octanol–water partition coefficient (Wildman–Crippen LogP) is 1.33. The molecule has 1 heterocycles. The summed E-state index contributed by atoms with van der Waals surface area (Å²) in [6.07, 6.45) is 2.69. The molecular formula is C11H15N3O. The summed E-state index contributed by atoms with van der Waals surface area (Å²) in [5, 5.41) is 11.8. The van der Waals surface area contributed by atoms with Crippen LogP contribution in [0.1, 0.15) is 19.0 Å². The van der Waals surface area contributed by atoms with Gasteiger partial charge in [-0.25, -0.2) is 4.98 Å². The number of pyridine rings is 1. The highest BCUT2D eigenvalue weighted by molar-refractivity contribution is 5.26. The maximum atomic E-state index is 8.54. The molecule has 1 rings (SSSR count). The van der Waals surface area contributed by atoms with Crippen molar-refractivity contribution in [2.24, 2.45) is 0 Å². The van der Waals surface area contributed by atoms with Crippen molar-refractivity contribution in [1.29, 1.82) is 5.26 Å². The second-order valence-corrected chi connectivity index (χ2v) is 3.09. The van der Waals surface area contributed by atoms with Crippen LogP contribution in [-0.4, -0.2) is 24.7 Å². The average molecular weight is 205 g/mol. The minimum atomic E-state index is 0.409. The largest absolute Gasteiger partial charge is 0.491 e. The standard InChI is InChI=1S/C11H15N3O/c1-2-5-13-6-7-15-11-4-3-10(8-12)14-9-11/h3-4,9,13H,2,5-7H2,1H3. The first kappa shape index (κ1) is 11.5. The quantitative estimate of drug-likeness (QED) is 0.712. The highest BCUT2D eigenvalue weighted by Gasteiger charge is 1.95. The second-order valence-electron chi connectivity index (χ2n) is 3.09. The van der Waals surface area contributed by atoms with Crippen LogP contribution in [0.5, 0.6) is 5.75 Å². The van der Waals surface area contributed by atoms with E-state index in [1.165, 1.54) is 0 Å². The van der Waals surface area contributed by atoms with Crippen molar-refractivity contribution < 1.29 is 4.74 Å². The van der Waals surface area contributed by atoms with Crippen molar-refractivity contribution in [3.05, 3.63) is 24.0 Å². The monoisotopic (exact) mass is 205 g/mol. The number of nitriles is 1. The Balaban J connectivity index is 2.23. The molecule has 0 atom stereocenters. The van der Waals surface area contributed by atoms with Gasteiger partial charge in [0.15, 0.2) is 0 Å². The van der Waals surface area contributed by atoms with Crippen molar-refractivity contribution in [3.8, 4) is 11.8 Å². The molecule has 0 bridgehead atoms. The van der Waals surface area contributed by atoms with E-state index < -0.39 is 0 Å². The summed E-state index contributed by atoms with van der Waals surface area (Å²) >= 11 is 0. The van der Waals surface area contributed by atoms with E-state index in [1.54, 1.807) is 18.3 Å². The van der Waals surface area contributed by atoms with Crippen LogP contribution in [0.2, 0.25) is 0 Å². The lowest BCUT2D eigenvalue weighted by Crippen LogP contribution is -2.21. The third-order valence-electron chi connectivity index (χ3n) is 1.83. The van der Waals surface area contributed by atoms with Gasteiger partial charge in [-0.05, 0) is 25.1 Å². The van der Waals surface area contributed by atoms with Gasteiger partial charge in [0.2, 0.25) is 0 Å². The molecule has 4 nitrogen and oxygen atoms in total. The zero-order valence-electron chi connectivity index (χ0n) is 8.86. The lowest BCUT2D eigenvalue weighted by atomic mass is 10.4. The molecule has 0 unspecified atom stereocenters. The Morgan fingerprint density at radius 3 is 2.93 bits per heavy atom. The van der Waals surface area contributed by atoms with Crippen molar-refractivity contribution in [2.75, 3.05) is 19.7 Å². The number of ether oxygens (including phenoxy) is 1. The Morgan fingerprint density at radius 1 is 1.47 bits per heavy atom. The van der Waals surface area contributed by atoms with Crippen LogP contribution in [0, 0.1) is 11.3 Å². The normalized spacial score (nSPS) is 9.60. The Bertz CT molecular complexity index is 316. The van der Waals surface area contributed by atoms with Gasteiger partial charge in [0.25, 0.3) is 0 Å². The van der Waals surface area contributed by atoms with E-state index in [4.69, 9.17) is 10.00 Å². The molecule has 1 N–H and O–H groups in total. The smallest absolute Gasteiger partial charge is 0.140 e. The number of hydrogen-bond donors (Lipinski definition) is 1. The number of hydrogen-bond acceptors (Lipinski definition) is 4. The van der Waals surface area contributed by atoms with Gasteiger partial charge in [-0.3, -0.25) is 0 Å². The van der Waals surface area contributed by atoms with Crippen LogP contribution in [0.15, 0.2) is 18.3 Å². The van der Waals surface area contributed by atoms with E-state index in [1.807, 2.05) is 6.07 Å². The molecule has 15 heavy (non-hydrogen) atoms. The lowest BCUT2D eigenvalue weighted by molar-refractivity contribution is 0.313. The van der Waals surface area contributed by atoms with Crippen LogP contribution >= 0.6 is 0 Å². The summed E-state index contributed by atoms with van der Waals surface area (Å²) in [6, 6.07) is 5.36. The summed E-state index contributed by atoms with van der Waals surface area (Å²) in [5.74, 6) is 0.701. The zero-order chi connectivity index (χ0) is 10.9. The lowest BCUT2D eigenvalue weighted by Gasteiger charge is -2.06. The van der Waals surface area contributed by atoms with Gasteiger partial charge in [-0.15, -0.1) is 0 Å². The fraction of sp³-hybridized carbons (Fsp3) is 0.455. The first-order valence-corrected chi connectivity index (χ1v) is 5.06. The molecule has 1 aromatic rings. The van der Waals surface area contributed by atoms with Crippen molar-refractivity contribution >= 4 is 0 Å². The van der Waals surface area contributed by atoms with Crippen molar-refractivity contribution in [1.82, 2.24) is 10.3 Å². The minimum Gasteiger partial charge on any atom is -0.491 e. The number of nitrogens with one attached hydrogen (secondary N) is 1. The van der Waals surface area contributed by atoms with Gasteiger partial charge in [-0.2, -0.15) is 5.26 Å². The van der Waals surface area contributed by atoms with Gasteiger partial charge in [-0.1, -0.05) is 6.92 Å². The molecule has 0 aliphatic heterocycles. The van der Waals surface area contributed by atoms with E-state index in [0.29, 0.717) is 18.1 Å². The van der Waals surface area contributed by atoms with Gasteiger partial charge in [0.1, 0.15) is 24.1 Å². The fourth-order valence-corrected chi connectivity index (χ4v) is 1.07. The fourth-order valence-electron chi connectivity index (χ4n) is 1.07. The van der Waals surface area contributed by atoms with E-state index in [2.05, 4.69) is 17.2 Å². The number of nitrogens with zero attached hydrogens (tertiary/aromatic N) is 2. The zero-order valence-corrected chi connectivity index (χ0v) is 8.86. The van der Waals surface area contributed by atoms with E-state index in [-0.39, 0.29) is 0 Å². The average Bonchev–Trinajstić information content (AvgIpc) is 2.30. The highest BCUT2D eigenvalue weighted by atomic mass is 16.5. The first-order chi connectivity index (χ1) is 7.36. The van der Waals surface area contributed by atoms with Crippen LogP contribution in [0.25, 0.3) is 0 Å². The molecule has 4 heteroatoms. The van der Waals surface area contributed by atoms with Gasteiger partial charge in [0.05, 0.1) is 6.20 Å². The maximum Gasteiger partial charge on any atom is 0.140 e. The molecule has 80 valence electrons. The molecule has 0 aromatic carbocycles. The molecule has 0 aliphatic rings. The Hall–Kier alpha value is -1.60. The highest BCUT2D eigenvalue weighted by Crippen LogP contribution is 2.07. The predicted molar refractivity (Wildman–Crippen MR) is 57.6 cm³/mol. The minimum absolute atomic E-state index is 0.409.